The summed E-state index contributed by atoms with van der Waals surface area (Å²) in [5.41, 5.74) is -0.482. The highest BCUT2D eigenvalue weighted by Crippen LogP contribution is 2.10. The van der Waals surface area contributed by atoms with Crippen LogP contribution in [0.25, 0.3) is 0 Å². The molecule has 1 heterocycles. The third-order valence-corrected chi connectivity index (χ3v) is 3.83. The number of amides is 1. The first-order valence-corrected chi connectivity index (χ1v) is 10.1. The average molecular weight is 513 g/mol. The predicted octanol–water partition coefficient (Wildman–Crippen LogP) is 2.18. The van der Waals surface area contributed by atoms with E-state index in [1.54, 1.807) is 0 Å². The second-order valence-electron chi connectivity index (χ2n) is 7.99. The van der Waals surface area contributed by atoms with E-state index in [4.69, 9.17) is 9.47 Å². The van der Waals surface area contributed by atoms with Crippen LogP contribution in [0.3, 0.4) is 0 Å². The largest absolute Gasteiger partial charge is 0.444 e. The van der Waals surface area contributed by atoms with Crippen LogP contribution in [-0.2, 0) is 9.47 Å². The van der Waals surface area contributed by atoms with Gasteiger partial charge in [-0.3, -0.25) is 9.89 Å². The maximum atomic E-state index is 11.6. The van der Waals surface area contributed by atoms with Gasteiger partial charge in [0.25, 0.3) is 0 Å². The number of carbonyl (C=O) groups is 1. The van der Waals surface area contributed by atoms with Crippen LogP contribution in [0.4, 0.5) is 4.79 Å². The first-order chi connectivity index (χ1) is 12.7. The highest BCUT2D eigenvalue weighted by Gasteiger charge is 2.21. The quantitative estimate of drug-likeness (QED) is 0.200. The van der Waals surface area contributed by atoms with Crippen molar-refractivity contribution in [3.63, 3.8) is 0 Å². The fourth-order valence-corrected chi connectivity index (χ4v) is 2.95. The van der Waals surface area contributed by atoms with Crippen LogP contribution < -0.4 is 16.0 Å². The molecule has 28 heavy (non-hydrogen) atoms. The van der Waals surface area contributed by atoms with Crippen molar-refractivity contribution < 1.29 is 14.3 Å². The third kappa shape index (κ3) is 13.4. The summed E-state index contributed by atoms with van der Waals surface area (Å²) in [5, 5.41) is 9.18. The van der Waals surface area contributed by atoms with E-state index in [9.17, 15) is 4.79 Å². The monoisotopic (exact) mass is 513 g/mol. The Hall–Kier alpha value is -0.810. The molecule has 0 radical (unpaired) electrons. The van der Waals surface area contributed by atoms with Crippen LogP contribution in [0, 0.1) is 0 Å². The summed E-state index contributed by atoms with van der Waals surface area (Å²) >= 11 is 0. The Morgan fingerprint density at radius 2 is 1.75 bits per heavy atom. The number of alkyl carbamates (subject to hydrolysis) is 1. The number of aliphatic imine (C=N–C) groups is 1. The summed E-state index contributed by atoms with van der Waals surface area (Å²) < 4.78 is 11.0. The number of carbonyl (C=O) groups excluding carboxylic acids is 1. The number of nitrogens with one attached hydrogen (secondary N) is 3. The fourth-order valence-electron chi connectivity index (χ4n) is 2.95. The minimum atomic E-state index is -0.482. The maximum absolute atomic E-state index is 11.6. The van der Waals surface area contributed by atoms with E-state index in [0.29, 0.717) is 25.3 Å². The molecule has 166 valence electrons. The number of halogens is 1. The average Bonchev–Trinajstić information content (AvgIpc) is 2.52. The topological polar surface area (TPSA) is 87.2 Å². The van der Waals surface area contributed by atoms with Gasteiger partial charge in [-0.05, 0) is 48.0 Å². The number of ether oxygens (including phenoxy) is 2. The van der Waals surface area contributed by atoms with Crippen LogP contribution in [-0.4, -0.2) is 80.6 Å². The second-order valence-corrected chi connectivity index (χ2v) is 7.99. The van der Waals surface area contributed by atoms with Crippen molar-refractivity contribution in [2.24, 2.45) is 4.99 Å². The molecule has 0 bridgehead atoms. The van der Waals surface area contributed by atoms with Crippen molar-refractivity contribution >= 4 is 36.0 Å². The minimum Gasteiger partial charge on any atom is -0.444 e. The molecule has 0 saturated carbocycles. The van der Waals surface area contributed by atoms with Crippen molar-refractivity contribution in [3.05, 3.63) is 0 Å². The van der Waals surface area contributed by atoms with Gasteiger partial charge in [-0.1, -0.05) is 0 Å². The SMILES string of the molecule is CCNC(=NCCCN1CC(C)OC(C)C1)NCCNC(=O)OC(C)(C)C.I. The zero-order valence-electron chi connectivity index (χ0n) is 18.3. The fraction of sp³-hybridized carbons (Fsp3) is 0.895. The Balaban J connectivity index is 0.00000729. The smallest absolute Gasteiger partial charge is 0.407 e. The third-order valence-electron chi connectivity index (χ3n) is 3.83. The molecule has 2 atom stereocenters. The number of hydrogen-bond acceptors (Lipinski definition) is 5. The Morgan fingerprint density at radius 1 is 1.14 bits per heavy atom. The summed E-state index contributed by atoms with van der Waals surface area (Å²) in [6.45, 7) is 17.4. The summed E-state index contributed by atoms with van der Waals surface area (Å²) in [7, 11) is 0. The van der Waals surface area contributed by atoms with Crippen molar-refractivity contribution in [1.29, 1.82) is 0 Å². The lowest BCUT2D eigenvalue weighted by molar-refractivity contribution is -0.0679. The molecule has 0 aromatic rings. The molecule has 8 nitrogen and oxygen atoms in total. The van der Waals surface area contributed by atoms with Gasteiger partial charge in [0, 0.05) is 45.8 Å². The van der Waals surface area contributed by atoms with Crippen molar-refractivity contribution in [2.75, 3.05) is 45.8 Å². The molecule has 1 aliphatic rings. The molecule has 9 heteroatoms. The number of hydrogen-bond donors (Lipinski definition) is 3. The lowest BCUT2D eigenvalue weighted by atomic mass is 10.2. The number of guanidine groups is 1. The van der Waals surface area contributed by atoms with Crippen LogP contribution in [0.2, 0.25) is 0 Å². The first-order valence-electron chi connectivity index (χ1n) is 10.1. The Labute approximate surface area is 187 Å². The van der Waals surface area contributed by atoms with Gasteiger partial charge in [-0.15, -0.1) is 24.0 Å². The Kier molecular flexibility index (Phi) is 13.8. The van der Waals surface area contributed by atoms with Crippen LogP contribution >= 0.6 is 24.0 Å². The zero-order chi connectivity index (χ0) is 20.3. The van der Waals surface area contributed by atoms with Crippen molar-refractivity contribution in [1.82, 2.24) is 20.9 Å². The number of nitrogens with zero attached hydrogens (tertiary/aromatic N) is 2. The highest BCUT2D eigenvalue weighted by molar-refractivity contribution is 14.0. The highest BCUT2D eigenvalue weighted by atomic mass is 127. The zero-order valence-corrected chi connectivity index (χ0v) is 20.7. The van der Waals surface area contributed by atoms with Gasteiger partial charge in [0.2, 0.25) is 0 Å². The normalized spacial score (nSPS) is 20.9. The van der Waals surface area contributed by atoms with E-state index in [-0.39, 0.29) is 24.0 Å². The van der Waals surface area contributed by atoms with E-state index < -0.39 is 11.7 Å². The Morgan fingerprint density at radius 3 is 2.32 bits per heavy atom. The molecule has 1 saturated heterocycles. The van der Waals surface area contributed by atoms with Gasteiger partial charge in [-0.25, -0.2) is 4.79 Å². The predicted molar refractivity (Wildman–Crippen MR) is 125 cm³/mol. The molecule has 2 unspecified atom stereocenters. The van der Waals surface area contributed by atoms with Crippen molar-refractivity contribution in [3.8, 4) is 0 Å². The molecule has 0 spiro atoms. The van der Waals surface area contributed by atoms with Crippen LogP contribution in [0.5, 0.6) is 0 Å². The molecule has 1 fully saturated rings. The van der Waals surface area contributed by atoms with E-state index >= 15 is 0 Å². The summed E-state index contributed by atoms with van der Waals surface area (Å²) in [6.07, 6.45) is 1.20. The molecular formula is C19H40IN5O3. The second kappa shape index (κ2) is 14.2. The molecule has 1 aliphatic heterocycles. The maximum Gasteiger partial charge on any atom is 0.407 e. The standard InChI is InChI=1S/C19H39N5O3.HI/c1-7-20-17(22-10-11-23-18(25)27-19(4,5)6)21-9-8-12-24-13-15(2)26-16(3)14-24;/h15-16H,7-14H2,1-6H3,(H,23,25)(H2,20,21,22);1H. The van der Waals surface area contributed by atoms with Gasteiger partial charge in [0.15, 0.2) is 5.96 Å². The molecule has 1 amide bonds. The van der Waals surface area contributed by atoms with E-state index in [1.807, 2.05) is 27.7 Å². The molecule has 0 aromatic heterocycles. The van der Waals surface area contributed by atoms with E-state index in [1.165, 1.54) is 0 Å². The van der Waals surface area contributed by atoms with Gasteiger partial charge in [0.05, 0.1) is 12.2 Å². The number of morpholine rings is 1. The van der Waals surface area contributed by atoms with Gasteiger partial charge < -0.3 is 25.4 Å². The first kappa shape index (κ1) is 27.2. The van der Waals surface area contributed by atoms with Crippen LogP contribution in [0.1, 0.15) is 48.0 Å². The van der Waals surface area contributed by atoms with Crippen molar-refractivity contribution in [2.45, 2.75) is 65.8 Å². The minimum absolute atomic E-state index is 0. The summed E-state index contributed by atoms with van der Waals surface area (Å²) in [6, 6.07) is 0. The van der Waals surface area contributed by atoms with Gasteiger partial charge >= 0.3 is 6.09 Å². The molecule has 0 aliphatic carbocycles. The van der Waals surface area contributed by atoms with Gasteiger partial charge in [0.1, 0.15) is 5.60 Å². The molecule has 3 N–H and O–H groups in total. The van der Waals surface area contributed by atoms with E-state index in [0.717, 1.165) is 45.1 Å². The van der Waals surface area contributed by atoms with Crippen LogP contribution in [0.15, 0.2) is 4.99 Å². The molecule has 1 rings (SSSR count). The summed E-state index contributed by atoms with van der Waals surface area (Å²) in [4.78, 5) is 18.7. The number of rotatable bonds is 8. The van der Waals surface area contributed by atoms with Gasteiger partial charge in [-0.2, -0.15) is 0 Å². The van der Waals surface area contributed by atoms with E-state index in [2.05, 4.69) is 39.7 Å². The molecule has 0 aromatic carbocycles. The summed E-state index contributed by atoms with van der Waals surface area (Å²) in [5.74, 6) is 0.771. The molecular weight excluding hydrogens is 473 g/mol. The lowest BCUT2D eigenvalue weighted by Gasteiger charge is -2.35. The lowest BCUT2D eigenvalue weighted by Crippen LogP contribution is -2.45. The Bertz CT molecular complexity index is 461.